The van der Waals surface area contributed by atoms with Crippen molar-refractivity contribution in [3.8, 4) is 17.2 Å². The van der Waals surface area contributed by atoms with E-state index in [4.69, 9.17) is 24.2 Å². The van der Waals surface area contributed by atoms with Crippen LogP contribution in [0.1, 0.15) is 11.7 Å². The lowest BCUT2D eigenvalue weighted by atomic mass is 10.0. The number of rotatable bonds is 7. The van der Waals surface area contributed by atoms with Gasteiger partial charge in [0.2, 0.25) is 6.79 Å². The van der Waals surface area contributed by atoms with E-state index in [0.717, 1.165) is 6.08 Å². The standard InChI is InChI=1S/C20H20N2O8/c1-27-16(8-9-18(24)22-26)19(12-2-5-14(23)6-3-12)30-20(25)21-13-4-7-15-17(10-13)29-11-28-15/h2-10,16,19,23,26H,11H2,1H3,(H,21,25)(H,22,24)/b9-8+/t16-,19-/m1/s1. The third-order valence-corrected chi connectivity index (χ3v) is 4.19. The number of anilines is 1. The molecule has 2 atom stereocenters. The molecule has 0 unspecified atom stereocenters. The van der Waals surface area contributed by atoms with Gasteiger partial charge in [0.1, 0.15) is 11.9 Å². The van der Waals surface area contributed by atoms with Crippen molar-refractivity contribution in [3.05, 3.63) is 60.2 Å². The number of nitrogens with one attached hydrogen (secondary N) is 2. The summed E-state index contributed by atoms with van der Waals surface area (Å²) < 4.78 is 21.4. The summed E-state index contributed by atoms with van der Waals surface area (Å²) in [6, 6.07) is 10.8. The van der Waals surface area contributed by atoms with E-state index in [0.29, 0.717) is 22.7 Å². The van der Waals surface area contributed by atoms with E-state index in [1.165, 1.54) is 30.8 Å². The first-order chi connectivity index (χ1) is 14.5. The number of ether oxygens (including phenoxy) is 4. The largest absolute Gasteiger partial charge is 0.508 e. The molecule has 2 aromatic carbocycles. The number of benzene rings is 2. The molecule has 0 bridgehead atoms. The number of phenols is 1. The lowest BCUT2D eigenvalue weighted by Gasteiger charge is -2.24. The number of hydrogen-bond acceptors (Lipinski definition) is 8. The highest BCUT2D eigenvalue weighted by atomic mass is 16.7. The van der Waals surface area contributed by atoms with E-state index in [2.05, 4.69) is 5.32 Å². The molecule has 10 nitrogen and oxygen atoms in total. The van der Waals surface area contributed by atoms with Gasteiger partial charge in [0.05, 0.1) is 0 Å². The fourth-order valence-electron chi connectivity index (χ4n) is 2.75. The Bertz CT molecular complexity index is 929. The first-order valence-electron chi connectivity index (χ1n) is 8.81. The number of phenolic OH excluding ortho intramolecular Hbond substituents is 1. The van der Waals surface area contributed by atoms with Crippen LogP contribution in [0.2, 0.25) is 0 Å². The van der Waals surface area contributed by atoms with Crippen LogP contribution in [0.4, 0.5) is 10.5 Å². The maximum atomic E-state index is 12.5. The van der Waals surface area contributed by atoms with Gasteiger partial charge < -0.3 is 24.1 Å². The van der Waals surface area contributed by atoms with Gasteiger partial charge in [-0.3, -0.25) is 15.3 Å². The van der Waals surface area contributed by atoms with E-state index in [1.54, 1.807) is 30.3 Å². The smallest absolute Gasteiger partial charge is 0.412 e. The van der Waals surface area contributed by atoms with Gasteiger partial charge in [-0.25, -0.2) is 10.3 Å². The van der Waals surface area contributed by atoms with Crippen LogP contribution in [0.3, 0.4) is 0 Å². The maximum absolute atomic E-state index is 12.5. The lowest BCUT2D eigenvalue weighted by molar-refractivity contribution is -0.124. The van der Waals surface area contributed by atoms with E-state index in [1.807, 2.05) is 0 Å². The molecule has 3 rings (SSSR count). The zero-order valence-corrected chi connectivity index (χ0v) is 15.9. The molecule has 30 heavy (non-hydrogen) atoms. The summed E-state index contributed by atoms with van der Waals surface area (Å²) in [7, 11) is 1.37. The first kappa shape index (κ1) is 21.0. The summed E-state index contributed by atoms with van der Waals surface area (Å²) >= 11 is 0. The molecule has 1 heterocycles. The summed E-state index contributed by atoms with van der Waals surface area (Å²) in [6.45, 7) is 0.107. The van der Waals surface area contributed by atoms with Gasteiger partial charge in [0.25, 0.3) is 5.91 Å². The number of methoxy groups -OCH3 is 1. The van der Waals surface area contributed by atoms with Gasteiger partial charge in [0.15, 0.2) is 17.6 Å². The Kier molecular flexibility index (Phi) is 6.73. The van der Waals surface area contributed by atoms with Crippen LogP contribution in [0.25, 0.3) is 0 Å². The molecular formula is C20H20N2O8. The molecule has 4 N–H and O–H groups in total. The predicted octanol–water partition coefficient (Wildman–Crippen LogP) is 2.49. The number of amides is 2. The summed E-state index contributed by atoms with van der Waals surface area (Å²) in [5.41, 5.74) is 2.41. The summed E-state index contributed by atoms with van der Waals surface area (Å²) in [5, 5.41) is 20.8. The highest BCUT2D eigenvalue weighted by molar-refractivity contribution is 5.87. The van der Waals surface area contributed by atoms with E-state index >= 15 is 0 Å². The van der Waals surface area contributed by atoms with Crippen molar-refractivity contribution in [2.24, 2.45) is 0 Å². The van der Waals surface area contributed by atoms with Crippen molar-refractivity contribution in [3.63, 3.8) is 0 Å². The summed E-state index contributed by atoms with van der Waals surface area (Å²) in [5.74, 6) is 0.330. The quantitative estimate of drug-likeness (QED) is 0.307. The van der Waals surface area contributed by atoms with E-state index in [-0.39, 0.29) is 12.5 Å². The molecule has 0 saturated carbocycles. The zero-order chi connectivity index (χ0) is 21.5. The van der Waals surface area contributed by atoms with Gasteiger partial charge in [-0.1, -0.05) is 12.1 Å². The molecular weight excluding hydrogens is 396 g/mol. The Labute approximate surface area is 171 Å². The van der Waals surface area contributed by atoms with E-state index < -0.39 is 24.2 Å². The molecule has 0 aliphatic carbocycles. The Hall–Kier alpha value is -3.76. The van der Waals surface area contributed by atoms with Crippen LogP contribution in [-0.4, -0.2) is 42.3 Å². The van der Waals surface area contributed by atoms with Gasteiger partial charge in [-0.15, -0.1) is 0 Å². The van der Waals surface area contributed by atoms with Crippen LogP contribution >= 0.6 is 0 Å². The van der Waals surface area contributed by atoms with E-state index in [9.17, 15) is 14.7 Å². The normalized spacial score (nSPS) is 14.2. The molecule has 2 aromatic rings. The first-order valence-corrected chi connectivity index (χ1v) is 8.81. The highest BCUT2D eigenvalue weighted by Crippen LogP contribution is 2.34. The SMILES string of the molecule is CO[C@H](/C=C/C(=O)NO)[C@H](OC(=O)Nc1ccc2c(c1)OCO2)c1ccc(O)cc1. The van der Waals surface area contributed by atoms with Crippen molar-refractivity contribution in [1.82, 2.24) is 5.48 Å². The second-order valence-corrected chi connectivity index (χ2v) is 6.15. The number of aromatic hydroxyl groups is 1. The maximum Gasteiger partial charge on any atom is 0.412 e. The van der Waals surface area contributed by atoms with Gasteiger partial charge in [0, 0.05) is 24.9 Å². The third kappa shape index (κ3) is 5.19. The molecule has 158 valence electrons. The minimum Gasteiger partial charge on any atom is -0.508 e. The number of fused-ring (bicyclic) bond motifs is 1. The minimum atomic E-state index is -0.965. The Morgan fingerprint density at radius 1 is 1.13 bits per heavy atom. The fourth-order valence-corrected chi connectivity index (χ4v) is 2.75. The van der Waals surface area contributed by atoms with Gasteiger partial charge in [-0.05, 0) is 35.9 Å². The average Bonchev–Trinajstić information content (AvgIpc) is 3.21. The fraction of sp³-hybridized carbons (Fsp3) is 0.200. The number of carbonyl (C=O) groups is 2. The van der Waals surface area contributed by atoms with Crippen molar-refractivity contribution in [2.45, 2.75) is 12.2 Å². The topological polar surface area (TPSA) is 136 Å². The minimum absolute atomic E-state index is 0.0338. The molecule has 0 radical (unpaired) electrons. The summed E-state index contributed by atoms with van der Waals surface area (Å²) in [4.78, 5) is 23.8. The Morgan fingerprint density at radius 3 is 2.57 bits per heavy atom. The number of carbonyl (C=O) groups excluding carboxylic acids is 2. The van der Waals surface area contributed by atoms with Crippen molar-refractivity contribution in [2.75, 3.05) is 19.2 Å². The summed E-state index contributed by atoms with van der Waals surface area (Å²) in [6.07, 6.45) is -0.242. The monoisotopic (exact) mass is 416 g/mol. The van der Waals surface area contributed by atoms with Crippen LogP contribution in [0.15, 0.2) is 54.6 Å². The molecule has 1 aliphatic rings. The zero-order valence-electron chi connectivity index (χ0n) is 15.9. The van der Waals surface area contributed by atoms with Gasteiger partial charge in [-0.2, -0.15) is 0 Å². The van der Waals surface area contributed by atoms with Crippen LogP contribution in [0, 0.1) is 0 Å². The number of hydrogen-bond donors (Lipinski definition) is 4. The second-order valence-electron chi connectivity index (χ2n) is 6.15. The Morgan fingerprint density at radius 2 is 1.87 bits per heavy atom. The van der Waals surface area contributed by atoms with Crippen molar-refractivity contribution < 1.29 is 38.9 Å². The second kappa shape index (κ2) is 9.63. The van der Waals surface area contributed by atoms with Gasteiger partial charge >= 0.3 is 6.09 Å². The molecule has 1 aliphatic heterocycles. The molecule has 10 heteroatoms. The van der Waals surface area contributed by atoms with Crippen molar-refractivity contribution >= 4 is 17.7 Å². The highest BCUT2D eigenvalue weighted by Gasteiger charge is 2.26. The number of hydroxylamine groups is 1. The lowest BCUT2D eigenvalue weighted by Crippen LogP contribution is -2.27. The van der Waals surface area contributed by atoms with Crippen LogP contribution in [0.5, 0.6) is 17.2 Å². The molecule has 0 saturated heterocycles. The average molecular weight is 416 g/mol. The molecule has 2 amide bonds. The van der Waals surface area contributed by atoms with Crippen LogP contribution in [-0.2, 0) is 14.3 Å². The predicted molar refractivity (Wildman–Crippen MR) is 103 cm³/mol. The molecule has 0 spiro atoms. The molecule has 0 aromatic heterocycles. The Balaban J connectivity index is 1.78. The third-order valence-electron chi connectivity index (χ3n) is 4.19. The van der Waals surface area contributed by atoms with Crippen molar-refractivity contribution in [1.29, 1.82) is 0 Å². The van der Waals surface area contributed by atoms with Crippen LogP contribution < -0.4 is 20.3 Å². The molecule has 0 fully saturated rings.